The van der Waals surface area contributed by atoms with Gasteiger partial charge in [0.05, 0.1) is 5.69 Å². The molecule has 0 bridgehead atoms. The van der Waals surface area contributed by atoms with Crippen LogP contribution in [0, 0.1) is 11.8 Å². The number of allylic oxidation sites excluding steroid dienone is 2. The third-order valence-corrected chi connectivity index (χ3v) is 11.4. The second-order valence-corrected chi connectivity index (χ2v) is 14.2. The molecule has 2 saturated carbocycles. The Morgan fingerprint density at radius 3 is 2.60 bits per heavy atom. The number of amides is 1. The molecule has 6 rings (SSSR count). The minimum atomic E-state index is 0.199. The highest BCUT2D eigenvalue weighted by atomic mass is 35.5. The number of hydrogen-bond donors (Lipinski definition) is 0. The van der Waals surface area contributed by atoms with Crippen molar-refractivity contribution in [2.75, 3.05) is 6.54 Å². The lowest BCUT2D eigenvalue weighted by molar-refractivity contribution is -0.137. The molecule has 3 atom stereocenters. The average molecular weight is 599 g/mol. The standard InChI is InChI=1S/C39H51ClN2O/c40-37-17-5-4-12-32(37)22-19-30-11-6-16-36-31(21-18-30)26-27-41-38(36)33-13-7-14-34(24-23-33)39(43)42-28-8-15-35(42)25-20-29-9-2-1-3-10-29/h4-5,11-12,16-17,21,26-27,29,33-35H,1-3,6-10,13-15,18-20,22-25,28H2. The summed E-state index contributed by atoms with van der Waals surface area (Å²) in [4.78, 5) is 21.2. The normalized spacial score (nSPS) is 25.0. The highest BCUT2D eigenvalue weighted by molar-refractivity contribution is 6.31. The lowest BCUT2D eigenvalue weighted by Gasteiger charge is -2.30. The molecule has 2 heterocycles. The number of likely N-dealkylation sites (tertiary alicyclic amines) is 1. The number of aromatic nitrogens is 1. The smallest absolute Gasteiger partial charge is 0.225 e. The predicted octanol–water partition coefficient (Wildman–Crippen LogP) is 8.66. The van der Waals surface area contributed by atoms with Gasteiger partial charge in [-0.3, -0.25) is 9.78 Å². The lowest BCUT2D eigenvalue weighted by atomic mass is 9.85. The molecule has 1 aromatic heterocycles. The van der Waals surface area contributed by atoms with Gasteiger partial charge < -0.3 is 4.90 Å². The second kappa shape index (κ2) is 15.1. The molecule has 0 radical (unpaired) electrons. The summed E-state index contributed by atoms with van der Waals surface area (Å²) in [5, 5.41) is 3.52. The van der Waals surface area contributed by atoms with Crippen molar-refractivity contribution in [2.24, 2.45) is 11.8 Å². The zero-order valence-corrected chi connectivity index (χ0v) is 26.9. The van der Waals surface area contributed by atoms with Crippen molar-refractivity contribution in [3.05, 3.63) is 74.9 Å². The summed E-state index contributed by atoms with van der Waals surface area (Å²) in [6.07, 6.45) is 30.6. The molecule has 1 aromatic carbocycles. The topological polar surface area (TPSA) is 33.2 Å². The molecule has 4 aliphatic rings. The fourth-order valence-electron chi connectivity index (χ4n) is 8.49. The first-order valence-corrected chi connectivity index (χ1v) is 17.9. The summed E-state index contributed by atoms with van der Waals surface area (Å²) in [6, 6.07) is 10.9. The summed E-state index contributed by atoms with van der Waals surface area (Å²) < 4.78 is 0. The Labute approximate surface area is 264 Å². The summed E-state index contributed by atoms with van der Waals surface area (Å²) in [6.45, 7) is 0.987. The van der Waals surface area contributed by atoms with Crippen LogP contribution in [0.25, 0.3) is 12.2 Å². The van der Waals surface area contributed by atoms with Crippen LogP contribution in [0.15, 0.2) is 48.2 Å². The first kappa shape index (κ1) is 30.6. The van der Waals surface area contributed by atoms with Gasteiger partial charge in [-0.1, -0.05) is 92.1 Å². The first-order valence-electron chi connectivity index (χ1n) is 17.5. The Morgan fingerprint density at radius 2 is 1.72 bits per heavy atom. The van der Waals surface area contributed by atoms with Crippen molar-refractivity contribution in [3.8, 4) is 0 Å². The van der Waals surface area contributed by atoms with E-state index < -0.39 is 0 Å². The van der Waals surface area contributed by atoms with Crippen LogP contribution in [0.1, 0.15) is 126 Å². The molecule has 3 aliphatic carbocycles. The first-order chi connectivity index (χ1) is 21.2. The van der Waals surface area contributed by atoms with Crippen LogP contribution in [0.5, 0.6) is 0 Å². The Kier molecular flexibility index (Phi) is 10.7. The zero-order valence-electron chi connectivity index (χ0n) is 26.1. The largest absolute Gasteiger partial charge is 0.339 e. The number of hydrogen-bond acceptors (Lipinski definition) is 2. The second-order valence-electron chi connectivity index (χ2n) is 13.8. The van der Waals surface area contributed by atoms with E-state index in [0.29, 0.717) is 17.9 Å². The molecule has 1 saturated heterocycles. The van der Waals surface area contributed by atoms with Gasteiger partial charge in [0.2, 0.25) is 5.91 Å². The Hall–Kier alpha value is -2.39. The average Bonchev–Trinajstić information content (AvgIpc) is 3.36. The SMILES string of the molecule is O=C(C1CCCC(c2nccc3c2=CCC=C(CCc2ccccc2Cl)CC=3)CC1)N1CCCC1CCC1CCCCC1. The van der Waals surface area contributed by atoms with Gasteiger partial charge in [0, 0.05) is 35.6 Å². The summed E-state index contributed by atoms with van der Waals surface area (Å²) in [5.74, 6) is 2.02. The Balaban J connectivity index is 1.07. The molecule has 0 spiro atoms. The van der Waals surface area contributed by atoms with Gasteiger partial charge in [0.1, 0.15) is 0 Å². The zero-order chi connectivity index (χ0) is 29.4. The number of carbonyl (C=O) groups is 1. The van der Waals surface area contributed by atoms with Gasteiger partial charge in [-0.05, 0) is 111 Å². The molecular weight excluding hydrogens is 548 g/mol. The van der Waals surface area contributed by atoms with Gasteiger partial charge in [-0.25, -0.2) is 0 Å². The molecule has 230 valence electrons. The van der Waals surface area contributed by atoms with E-state index >= 15 is 0 Å². The number of aryl methyl sites for hydroxylation is 1. The van der Waals surface area contributed by atoms with Crippen molar-refractivity contribution >= 4 is 29.7 Å². The Morgan fingerprint density at radius 1 is 0.837 bits per heavy atom. The van der Waals surface area contributed by atoms with Gasteiger partial charge >= 0.3 is 0 Å². The minimum absolute atomic E-state index is 0.199. The van der Waals surface area contributed by atoms with Gasteiger partial charge in [-0.2, -0.15) is 0 Å². The van der Waals surface area contributed by atoms with Crippen molar-refractivity contribution < 1.29 is 4.79 Å². The van der Waals surface area contributed by atoms with Gasteiger partial charge in [-0.15, -0.1) is 0 Å². The quantitative estimate of drug-likeness (QED) is 0.225. The number of rotatable bonds is 8. The van der Waals surface area contributed by atoms with E-state index in [4.69, 9.17) is 16.6 Å². The van der Waals surface area contributed by atoms with Crippen LogP contribution in [-0.4, -0.2) is 28.4 Å². The Bertz CT molecular complexity index is 1390. The molecule has 3 nitrogen and oxygen atoms in total. The monoisotopic (exact) mass is 598 g/mol. The number of benzene rings is 1. The maximum absolute atomic E-state index is 13.9. The minimum Gasteiger partial charge on any atom is -0.339 e. The van der Waals surface area contributed by atoms with E-state index in [1.165, 1.54) is 85.1 Å². The molecule has 1 amide bonds. The molecule has 0 N–H and O–H groups in total. The van der Waals surface area contributed by atoms with E-state index in [1.54, 1.807) is 0 Å². The summed E-state index contributed by atoms with van der Waals surface area (Å²) in [5.41, 5.74) is 3.98. The van der Waals surface area contributed by atoms with Crippen molar-refractivity contribution in [1.29, 1.82) is 0 Å². The summed E-state index contributed by atoms with van der Waals surface area (Å²) >= 11 is 6.41. The van der Waals surface area contributed by atoms with Crippen molar-refractivity contribution in [3.63, 3.8) is 0 Å². The van der Waals surface area contributed by atoms with Crippen LogP contribution in [0.2, 0.25) is 5.02 Å². The highest BCUT2D eigenvalue weighted by Crippen LogP contribution is 2.36. The predicted molar refractivity (Wildman–Crippen MR) is 179 cm³/mol. The van der Waals surface area contributed by atoms with Crippen LogP contribution in [0.3, 0.4) is 0 Å². The van der Waals surface area contributed by atoms with E-state index in [9.17, 15) is 4.79 Å². The van der Waals surface area contributed by atoms with E-state index in [0.717, 1.165) is 75.3 Å². The number of nitrogens with zero attached hydrogens (tertiary/aromatic N) is 2. The maximum Gasteiger partial charge on any atom is 0.225 e. The van der Waals surface area contributed by atoms with E-state index in [1.807, 2.05) is 18.3 Å². The molecule has 4 heteroatoms. The van der Waals surface area contributed by atoms with Gasteiger partial charge in [0.25, 0.3) is 0 Å². The summed E-state index contributed by atoms with van der Waals surface area (Å²) in [7, 11) is 0. The van der Waals surface area contributed by atoms with Crippen LogP contribution >= 0.6 is 11.6 Å². The van der Waals surface area contributed by atoms with Crippen LogP contribution in [-0.2, 0) is 11.2 Å². The van der Waals surface area contributed by atoms with Crippen molar-refractivity contribution in [1.82, 2.24) is 9.88 Å². The van der Waals surface area contributed by atoms with Gasteiger partial charge in [0.15, 0.2) is 0 Å². The van der Waals surface area contributed by atoms with E-state index in [2.05, 4.69) is 41.3 Å². The molecule has 1 aliphatic heterocycles. The molecular formula is C39H51ClN2O. The number of halogens is 1. The van der Waals surface area contributed by atoms with Crippen LogP contribution in [0.4, 0.5) is 0 Å². The fourth-order valence-corrected chi connectivity index (χ4v) is 8.72. The maximum atomic E-state index is 13.9. The van der Waals surface area contributed by atoms with Crippen molar-refractivity contribution in [2.45, 2.75) is 128 Å². The van der Waals surface area contributed by atoms with Crippen LogP contribution < -0.4 is 10.4 Å². The molecule has 3 unspecified atom stereocenters. The number of pyridine rings is 1. The number of fused-ring (bicyclic) bond motifs is 1. The lowest BCUT2D eigenvalue weighted by Crippen LogP contribution is -2.39. The molecule has 2 aromatic rings. The fraction of sp³-hybridized carbons (Fsp3) is 0.590. The highest BCUT2D eigenvalue weighted by Gasteiger charge is 2.34. The van der Waals surface area contributed by atoms with E-state index in [-0.39, 0.29) is 5.92 Å². The molecule has 43 heavy (non-hydrogen) atoms. The number of carbonyl (C=O) groups excluding carboxylic acids is 1. The third-order valence-electron chi connectivity index (χ3n) is 11.0. The third kappa shape index (κ3) is 7.83. The molecule has 3 fully saturated rings.